The van der Waals surface area contributed by atoms with Crippen molar-refractivity contribution in [2.75, 3.05) is 40.6 Å². The molecule has 2 aromatic carbocycles. The molecule has 0 radical (unpaired) electrons. The molecular formula is C18H26O4. The Balaban J connectivity index is 0.00000116. The fraction of sp³-hybridized carbons (Fsp3) is 0.444. The first kappa shape index (κ1) is 18.3. The van der Waals surface area contributed by atoms with Gasteiger partial charge in [0.1, 0.15) is 13.2 Å². The molecule has 4 heteroatoms. The number of methoxy groups -OCH3 is 2. The first-order chi connectivity index (χ1) is 10.8. The third-order valence-electron chi connectivity index (χ3n) is 2.90. The van der Waals surface area contributed by atoms with Crippen molar-refractivity contribution < 1.29 is 18.9 Å². The molecule has 4 nitrogen and oxygen atoms in total. The summed E-state index contributed by atoms with van der Waals surface area (Å²) >= 11 is 0. The van der Waals surface area contributed by atoms with Gasteiger partial charge < -0.3 is 18.9 Å². The summed E-state index contributed by atoms with van der Waals surface area (Å²) in [6, 6.07) is 12.1. The quantitative estimate of drug-likeness (QED) is 0.693. The lowest BCUT2D eigenvalue weighted by Crippen LogP contribution is -2.08. The molecule has 0 saturated carbocycles. The van der Waals surface area contributed by atoms with Crippen LogP contribution in [0.4, 0.5) is 0 Å². The van der Waals surface area contributed by atoms with E-state index in [2.05, 4.69) is 12.1 Å². The summed E-state index contributed by atoms with van der Waals surface area (Å²) in [6.07, 6.45) is 0. The van der Waals surface area contributed by atoms with Crippen LogP contribution in [0.1, 0.15) is 13.8 Å². The Morgan fingerprint density at radius 2 is 1.09 bits per heavy atom. The minimum absolute atomic E-state index is 0.496. The summed E-state index contributed by atoms with van der Waals surface area (Å²) in [6.45, 7) is 6.08. The highest BCUT2D eigenvalue weighted by Crippen LogP contribution is 2.32. The average Bonchev–Trinajstić information content (AvgIpc) is 2.57. The second-order valence-electron chi connectivity index (χ2n) is 4.33. The topological polar surface area (TPSA) is 36.9 Å². The Morgan fingerprint density at radius 3 is 1.45 bits per heavy atom. The highest BCUT2D eigenvalue weighted by Gasteiger charge is 2.07. The largest absolute Gasteiger partial charge is 0.487 e. The maximum Gasteiger partial charge on any atom is 0.161 e. The Morgan fingerprint density at radius 1 is 0.682 bits per heavy atom. The first-order valence-electron chi connectivity index (χ1n) is 7.61. The Labute approximate surface area is 132 Å². The van der Waals surface area contributed by atoms with E-state index in [4.69, 9.17) is 18.9 Å². The predicted octanol–water partition coefficient (Wildman–Crippen LogP) is 3.92. The van der Waals surface area contributed by atoms with E-state index < -0.39 is 0 Å². The normalized spacial score (nSPS) is 10.0. The van der Waals surface area contributed by atoms with Crippen LogP contribution >= 0.6 is 0 Å². The number of rotatable bonds is 8. The van der Waals surface area contributed by atoms with Crippen LogP contribution in [0.3, 0.4) is 0 Å². The zero-order valence-electron chi connectivity index (χ0n) is 13.9. The Hall–Kier alpha value is -1.78. The van der Waals surface area contributed by atoms with Gasteiger partial charge in [0.25, 0.3) is 0 Å². The molecule has 0 unspecified atom stereocenters. The summed E-state index contributed by atoms with van der Waals surface area (Å²) in [5.74, 6) is 1.47. The molecule has 0 N–H and O–H groups in total. The molecule has 22 heavy (non-hydrogen) atoms. The molecule has 0 aliphatic heterocycles. The van der Waals surface area contributed by atoms with Crippen LogP contribution < -0.4 is 9.47 Å². The monoisotopic (exact) mass is 306 g/mol. The zero-order chi connectivity index (χ0) is 16.2. The molecule has 0 bridgehead atoms. The van der Waals surface area contributed by atoms with Gasteiger partial charge in [-0.3, -0.25) is 0 Å². The number of hydrogen-bond donors (Lipinski definition) is 0. The summed E-state index contributed by atoms with van der Waals surface area (Å²) < 4.78 is 21.5. The van der Waals surface area contributed by atoms with E-state index in [-0.39, 0.29) is 0 Å². The van der Waals surface area contributed by atoms with Crippen molar-refractivity contribution in [2.45, 2.75) is 13.8 Å². The second-order valence-corrected chi connectivity index (χ2v) is 4.33. The molecule has 2 aromatic rings. The molecular weight excluding hydrogens is 280 g/mol. The van der Waals surface area contributed by atoms with E-state index in [1.54, 1.807) is 14.2 Å². The highest BCUT2D eigenvalue weighted by molar-refractivity contribution is 5.86. The van der Waals surface area contributed by atoms with Crippen molar-refractivity contribution in [1.82, 2.24) is 0 Å². The standard InChI is InChI=1S/C16H20O4.C2H6/c1-17-7-9-19-15-11-13-5-3-4-6-14(13)12-16(15)20-10-8-18-2;1-2/h3-6,11-12H,7-10H2,1-2H3;1-2H3. The highest BCUT2D eigenvalue weighted by atomic mass is 16.5. The third-order valence-corrected chi connectivity index (χ3v) is 2.90. The van der Waals surface area contributed by atoms with Crippen molar-refractivity contribution in [2.24, 2.45) is 0 Å². The summed E-state index contributed by atoms with van der Waals surface area (Å²) in [7, 11) is 3.31. The number of hydrogen-bond acceptors (Lipinski definition) is 4. The van der Waals surface area contributed by atoms with Gasteiger partial charge in [0, 0.05) is 14.2 Å². The molecule has 0 atom stereocenters. The van der Waals surface area contributed by atoms with Crippen molar-refractivity contribution in [3.63, 3.8) is 0 Å². The molecule has 0 aliphatic carbocycles. The van der Waals surface area contributed by atoms with E-state index >= 15 is 0 Å². The first-order valence-corrected chi connectivity index (χ1v) is 7.61. The SMILES string of the molecule is CC.COCCOc1cc2ccccc2cc1OCCOC. The minimum Gasteiger partial charge on any atom is -0.487 e. The minimum atomic E-state index is 0.496. The maximum absolute atomic E-state index is 5.73. The molecule has 0 fully saturated rings. The van der Waals surface area contributed by atoms with E-state index in [9.17, 15) is 0 Å². The van der Waals surface area contributed by atoms with Crippen LogP contribution in [-0.4, -0.2) is 40.6 Å². The predicted molar refractivity (Wildman–Crippen MR) is 90.0 cm³/mol. The van der Waals surface area contributed by atoms with Crippen molar-refractivity contribution in [3.05, 3.63) is 36.4 Å². The van der Waals surface area contributed by atoms with Crippen LogP contribution in [0.25, 0.3) is 10.8 Å². The molecule has 122 valence electrons. The van der Waals surface area contributed by atoms with Gasteiger partial charge in [0.15, 0.2) is 11.5 Å². The van der Waals surface area contributed by atoms with Gasteiger partial charge in [-0.15, -0.1) is 0 Å². The van der Waals surface area contributed by atoms with Crippen LogP contribution in [0.15, 0.2) is 36.4 Å². The Kier molecular flexibility index (Phi) is 9.03. The lowest BCUT2D eigenvalue weighted by molar-refractivity contribution is 0.132. The fourth-order valence-corrected chi connectivity index (χ4v) is 1.89. The molecule has 0 aromatic heterocycles. The van der Waals surface area contributed by atoms with Crippen molar-refractivity contribution in [1.29, 1.82) is 0 Å². The smallest absolute Gasteiger partial charge is 0.161 e. The van der Waals surface area contributed by atoms with Crippen molar-refractivity contribution in [3.8, 4) is 11.5 Å². The van der Waals surface area contributed by atoms with Crippen LogP contribution in [0.5, 0.6) is 11.5 Å². The van der Waals surface area contributed by atoms with Crippen molar-refractivity contribution >= 4 is 10.8 Å². The van der Waals surface area contributed by atoms with Crippen LogP contribution in [0.2, 0.25) is 0 Å². The zero-order valence-corrected chi connectivity index (χ0v) is 13.9. The molecule has 2 rings (SSSR count). The number of benzene rings is 2. The van der Waals surface area contributed by atoms with E-state index in [0.29, 0.717) is 26.4 Å². The van der Waals surface area contributed by atoms with E-state index in [0.717, 1.165) is 22.3 Å². The lowest BCUT2D eigenvalue weighted by Gasteiger charge is -2.14. The summed E-state index contributed by atoms with van der Waals surface area (Å²) in [5.41, 5.74) is 0. The second kappa shape index (κ2) is 10.9. The molecule has 0 aliphatic rings. The lowest BCUT2D eigenvalue weighted by atomic mass is 10.1. The maximum atomic E-state index is 5.73. The van der Waals surface area contributed by atoms with E-state index in [1.165, 1.54) is 0 Å². The molecule has 0 saturated heterocycles. The van der Waals surface area contributed by atoms with Gasteiger partial charge in [-0.25, -0.2) is 0 Å². The fourth-order valence-electron chi connectivity index (χ4n) is 1.89. The van der Waals surface area contributed by atoms with Gasteiger partial charge >= 0.3 is 0 Å². The number of ether oxygens (including phenoxy) is 4. The van der Waals surface area contributed by atoms with E-state index in [1.807, 2.05) is 38.1 Å². The molecule has 0 amide bonds. The van der Waals surface area contributed by atoms with Gasteiger partial charge in [0.05, 0.1) is 13.2 Å². The Bertz CT molecular complexity index is 491. The average molecular weight is 306 g/mol. The van der Waals surface area contributed by atoms with Crippen LogP contribution in [-0.2, 0) is 9.47 Å². The van der Waals surface area contributed by atoms with Gasteiger partial charge in [0.2, 0.25) is 0 Å². The summed E-state index contributed by atoms with van der Waals surface area (Å²) in [4.78, 5) is 0. The van der Waals surface area contributed by atoms with Gasteiger partial charge in [-0.05, 0) is 22.9 Å². The third kappa shape index (κ3) is 5.54. The molecule has 0 spiro atoms. The number of fused-ring (bicyclic) bond motifs is 1. The van der Waals surface area contributed by atoms with Crippen LogP contribution in [0, 0.1) is 0 Å². The molecule has 0 heterocycles. The van der Waals surface area contributed by atoms with Gasteiger partial charge in [-0.1, -0.05) is 38.1 Å². The summed E-state index contributed by atoms with van der Waals surface area (Å²) in [5, 5.41) is 2.25. The van der Waals surface area contributed by atoms with Gasteiger partial charge in [-0.2, -0.15) is 0 Å².